The van der Waals surface area contributed by atoms with E-state index >= 15 is 0 Å². The number of amides is 2. The minimum Gasteiger partial charge on any atom is -0.432 e. The number of rotatable bonds is 0. The first kappa shape index (κ1) is 5.70. The van der Waals surface area contributed by atoms with Crippen LogP contribution < -0.4 is 5.32 Å². The van der Waals surface area contributed by atoms with E-state index in [9.17, 15) is 9.59 Å². The monoisotopic (exact) mass is 141 g/mol. The van der Waals surface area contributed by atoms with Gasteiger partial charge in [-0.3, -0.25) is 10.1 Å². The minimum atomic E-state index is -0.753. The summed E-state index contributed by atoms with van der Waals surface area (Å²) in [6.45, 7) is 0. The molecule has 0 aromatic heterocycles. The number of ether oxygens (including phenoxy) is 1. The molecule has 1 saturated heterocycles. The molecule has 1 saturated carbocycles. The van der Waals surface area contributed by atoms with Gasteiger partial charge in [0.05, 0.1) is 0 Å². The molecule has 0 bridgehead atoms. The van der Waals surface area contributed by atoms with Crippen LogP contribution in [-0.2, 0) is 9.53 Å². The maximum absolute atomic E-state index is 10.9. The molecule has 2 rings (SSSR count). The van der Waals surface area contributed by atoms with Crippen LogP contribution in [0.25, 0.3) is 0 Å². The van der Waals surface area contributed by atoms with Gasteiger partial charge in [-0.15, -0.1) is 0 Å². The summed E-state index contributed by atoms with van der Waals surface area (Å²) in [5.41, 5.74) is -0.753. The van der Waals surface area contributed by atoms with Crippen molar-refractivity contribution in [2.45, 2.75) is 24.9 Å². The molecule has 10 heavy (non-hydrogen) atoms. The summed E-state index contributed by atoms with van der Waals surface area (Å²) in [7, 11) is 0. The number of nitrogens with one attached hydrogen (secondary N) is 1. The van der Waals surface area contributed by atoms with Crippen LogP contribution in [0, 0.1) is 0 Å². The van der Waals surface area contributed by atoms with Gasteiger partial charge in [0.25, 0.3) is 5.91 Å². The van der Waals surface area contributed by atoms with Crippen molar-refractivity contribution in [1.82, 2.24) is 5.32 Å². The van der Waals surface area contributed by atoms with Gasteiger partial charge in [0.1, 0.15) is 0 Å². The highest BCUT2D eigenvalue weighted by molar-refractivity contribution is 6.03. The van der Waals surface area contributed by atoms with E-state index in [0.29, 0.717) is 12.8 Å². The number of imide groups is 1. The molecule has 0 atom stereocenters. The third-order valence-electron chi connectivity index (χ3n) is 2.08. The molecular formula is C6H7NO3. The second-order valence-corrected chi connectivity index (χ2v) is 2.69. The zero-order chi connectivity index (χ0) is 7.19. The van der Waals surface area contributed by atoms with Crippen LogP contribution in [0.3, 0.4) is 0 Å². The number of alkyl carbamates (subject to hydrolysis) is 1. The molecule has 2 aliphatic rings. The van der Waals surface area contributed by atoms with Crippen LogP contribution in [0.5, 0.6) is 0 Å². The molecule has 0 radical (unpaired) electrons. The van der Waals surface area contributed by atoms with E-state index in [-0.39, 0.29) is 5.91 Å². The second kappa shape index (κ2) is 1.51. The second-order valence-electron chi connectivity index (χ2n) is 2.69. The maximum Gasteiger partial charge on any atom is 0.415 e. The van der Waals surface area contributed by atoms with Gasteiger partial charge in [0.2, 0.25) is 0 Å². The average Bonchev–Trinajstić information content (AvgIpc) is 2.04. The quantitative estimate of drug-likeness (QED) is 0.523. The van der Waals surface area contributed by atoms with Gasteiger partial charge in [-0.25, -0.2) is 4.79 Å². The van der Waals surface area contributed by atoms with Crippen LogP contribution in [0.1, 0.15) is 19.3 Å². The van der Waals surface area contributed by atoms with Crippen LogP contribution in [0.15, 0.2) is 0 Å². The summed E-state index contributed by atoms with van der Waals surface area (Å²) < 4.78 is 4.80. The van der Waals surface area contributed by atoms with E-state index in [0.717, 1.165) is 6.42 Å². The molecular weight excluding hydrogens is 134 g/mol. The molecule has 2 fully saturated rings. The summed E-state index contributed by atoms with van der Waals surface area (Å²) in [6, 6.07) is 0. The SMILES string of the molecule is O=C1NC(=O)C2(CCC2)O1. The normalized spacial score (nSPS) is 27.6. The lowest BCUT2D eigenvalue weighted by molar-refractivity contribution is -0.138. The van der Waals surface area contributed by atoms with E-state index in [1.165, 1.54) is 0 Å². The fraction of sp³-hybridized carbons (Fsp3) is 0.667. The summed E-state index contributed by atoms with van der Waals surface area (Å²) in [4.78, 5) is 21.4. The van der Waals surface area contributed by atoms with E-state index in [4.69, 9.17) is 4.74 Å². The van der Waals surface area contributed by atoms with Crippen molar-refractivity contribution in [3.05, 3.63) is 0 Å². The maximum atomic E-state index is 10.9. The molecule has 1 heterocycles. The molecule has 1 aliphatic heterocycles. The largest absolute Gasteiger partial charge is 0.432 e. The van der Waals surface area contributed by atoms with E-state index < -0.39 is 11.7 Å². The van der Waals surface area contributed by atoms with Gasteiger partial charge < -0.3 is 4.74 Å². The first-order valence-electron chi connectivity index (χ1n) is 3.27. The molecule has 0 aromatic carbocycles. The standard InChI is InChI=1S/C6H7NO3/c8-4-6(2-1-3-6)10-5(9)7-4/h1-3H2,(H,7,8,9). The summed E-state index contributed by atoms with van der Waals surface area (Å²) >= 11 is 0. The van der Waals surface area contributed by atoms with Crippen molar-refractivity contribution >= 4 is 12.0 Å². The number of carbonyl (C=O) groups is 2. The van der Waals surface area contributed by atoms with Gasteiger partial charge in [0, 0.05) is 0 Å². The molecule has 1 spiro atoms. The van der Waals surface area contributed by atoms with Crippen molar-refractivity contribution < 1.29 is 14.3 Å². The lowest BCUT2D eigenvalue weighted by Crippen LogP contribution is -2.45. The molecule has 2 amide bonds. The van der Waals surface area contributed by atoms with Crippen molar-refractivity contribution in [2.75, 3.05) is 0 Å². The highest BCUT2D eigenvalue weighted by Gasteiger charge is 2.53. The van der Waals surface area contributed by atoms with Gasteiger partial charge in [-0.2, -0.15) is 0 Å². The number of hydrogen-bond acceptors (Lipinski definition) is 3. The average molecular weight is 141 g/mol. The molecule has 1 N–H and O–H groups in total. The summed E-state index contributed by atoms with van der Waals surface area (Å²) in [5, 5.41) is 2.11. The van der Waals surface area contributed by atoms with Crippen LogP contribution in [-0.4, -0.2) is 17.6 Å². The Morgan fingerprint density at radius 2 is 2.10 bits per heavy atom. The molecule has 0 aromatic rings. The summed E-state index contributed by atoms with van der Waals surface area (Å²) in [6.07, 6.45) is 1.75. The van der Waals surface area contributed by atoms with Gasteiger partial charge in [-0.05, 0) is 19.3 Å². The van der Waals surface area contributed by atoms with Crippen LogP contribution >= 0.6 is 0 Å². The predicted octanol–water partition coefficient (Wildman–Crippen LogP) is 0.175. The fourth-order valence-corrected chi connectivity index (χ4v) is 1.28. The smallest absolute Gasteiger partial charge is 0.415 e. The lowest BCUT2D eigenvalue weighted by atomic mass is 9.80. The van der Waals surface area contributed by atoms with E-state index in [2.05, 4.69) is 5.32 Å². The van der Waals surface area contributed by atoms with Crippen LogP contribution in [0.2, 0.25) is 0 Å². The molecule has 0 unspecified atom stereocenters. The Morgan fingerprint density at radius 3 is 2.30 bits per heavy atom. The highest BCUT2D eigenvalue weighted by atomic mass is 16.6. The van der Waals surface area contributed by atoms with Gasteiger partial charge >= 0.3 is 6.09 Å². The zero-order valence-corrected chi connectivity index (χ0v) is 5.35. The Labute approximate surface area is 57.5 Å². The van der Waals surface area contributed by atoms with Crippen molar-refractivity contribution in [3.8, 4) is 0 Å². The first-order valence-corrected chi connectivity index (χ1v) is 3.27. The Hall–Kier alpha value is -1.06. The van der Waals surface area contributed by atoms with Crippen molar-refractivity contribution in [1.29, 1.82) is 0 Å². The molecule has 4 nitrogen and oxygen atoms in total. The Balaban J connectivity index is 2.23. The summed E-state index contributed by atoms with van der Waals surface area (Å²) in [5.74, 6) is -0.260. The van der Waals surface area contributed by atoms with Crippen molar-refractivity contribution in [3.63, 3.8) is 0 Å². The van der Waals surface area contributed by atoms with E-state index in [1.54, 1.807) is 0 Å². The Morgan fingerprint density at radius 1 is 1.40 bits per heavy atom. The Kier molecular flexibility index (Phi) is 0.859. The van der Waals surface area contributed by atoms with Crippen LogP contribution in [0.4, 0.5) is 4.79 Å². The Bertz CT molecular complexity index is 207. The minimum absolute atomic E-state index is 0.260. The zero-order valence-electron chi connectivity index (χ0n) is 5.35. The number of carbonyl (C=O) groups excluding carboxylic acids is 2. The molecule has 4 heteroatoms. The lowest BCUT2D eigenvalue weighted by Gasteiger charge is -2.32. The van der Waals surface area contributed by atoms with Gasteiger partial charge in [0.15, 0.2) is 5.60 Å². The van der Waals surface area contributed by atoms with Crippen molar-refractivity contribution in [2.24, 2.45) is 0 Å². The third kappa shape index (κ3) is 0.509. The first-order chi connectivity index (χ1) is 4.73. The fourth-order valence-electron chi connectivity index (χ4n) is 1.28. The topological polar surface area (TPSA) is 55.4 Å². The molecule has 1 aliphatic carbocycles. The number of hydrogen-bond donors (Lipinski definition) is 1. The highest BCUT2D eigenvalue weighted by Crippen LogP contribution is 2.38. The predicted molar refractivity (Wildman–Crippen MR) is 31.2 cm³/mol. The third-order valence-corrected chi connectivity index (χ3v) is 2.08. The van der Waals surface area contributed by atoms with Gasteiger partial charge in [-0.1, -0.05) is 0 Å². The molecule has 54 valence electrons. The van der Waals surface area contributed by atoms with E-state index in [1.807, 2.05) is 0 Å².